The second-order valence-electron chi connectivity index (χ2n) is 6.95. The predicted molar refractivity (Wildman–Crippen MR) is 117 cm³/mol. The molecule has 0 fully saturated rings. The van der Waals surface area contributed by atoms with Crippen molar-refractivity contribution in [2.75, 3.05) is 11.6 Å². The number of hydrogen-bond acceptors (Lipinski definition) is 1. The van der Waals surface area contributed by atoms with Crippen LogP contribution in [0.1, 0.15) is 5.56 Å². The summed E-state index contributed by atoms with van der Waals surface area (Å²) in [5.74, 6) is 0. The molecule has 0 saturated heterocycles. The Kier molecular flexibility index (Phi) is 4.23. The van der Waals surface area contributed by atoms with E-state index in [-0.39, 0.29) is 0 Å². The van der Waals surface area contributed by atoms with Crippen molar-refractivity contribution in [1.29, 1.82) is 0 Å². The number of anilines is 2. The van der Waals surface area contributed by atoms with E-state index in [1.807, 2.05) is 0 Å². The Morgan fingerprint density at radius 2 is 1.25 bits per heavy atom. The van der Waals surface area contributed by atoms with Crippen molar-refractivity contribution in [3.63, 3.8) is 0 Å². The van der Waals surface area contributed by atoms with Crippen LogP contribution in [-0.4, -0.2) is 17.5 Å². The summed E-state index contributed by atoms with van der Waals surface area (Å²) < 4.78 is 2.34. The highest BCUT2D eigenvalue weighted by Gasteiger charge is 2.27. The summed E-state index contributed by atoms with van der Waals surface area (Å²) in [6.45, 7) is 0.769. The molecule has 1 heterocycles. The molecule has 1 aliphatic rings. The van der Waals surface area contributed by atoms with E-state index in [0.29, 0.717) is 0 Å². The first-order valence-corrected chi connectivity index (χ1v) is 9.58. The van der Waals surface area contributed by atoms with Gasteiger partial charge in [0.25, 0.3) is 0 Å². The fraction of sp³-hybridized carbons (Fsp3) is 0.0385. The van der Waals surface area contributed by atoms with Gasteiger partial charge in [0.15, 0.2) is 6.21 Å². The van der Waals surface area contributed by atoms with Gasteiger partial charge >= 0.3 is 0 Å². The molecule has 2 nitrogen and oxygen atoms in total. The van der Waals surface area contributed by atoms with Crippen LogP contribution in [0.15, 0.2) is 109 Å². The van der Waals surface area contributed by atoms with E-state index in [4.69, 9.17) is 0 Å². The monoisotopic (exact) mass is 361 g/mol. The topological polar surface area (TPSA) is 6.25 Å². The Morgan fingerprint density at radius 3 is 2.07 bits per heavy atom. The smallest absolute Gasteiger partial charge is 0.228 e. The Labute approximate surface area is 165 Å². The molecule has 0 aliphatic carbocycles. The van der Waals surface area contributed by atoms with Gasteiger partial charge in [-0.3, -0.25) is 4.90 Å². The number of nitrogens with zero attached hydrogens (tertiary/aromatic N) is 2. The van der Waals surface area contributed by atoms with Crippen LogP contribution < -0.4 is 4.90 Å². The quantitative estimate of drug-likeness (QED) is 0.392. The van der Waals surface area contributed by atoms with Gasteiger partial charge in [0.1, 0.15) is 0 Å². The molecule has 2 heteroatoms. The predicted octanol–water partition coefficient (Wildman–Crippen LogP) is 6.23. The van der Waals surface area contributed by atoms with Gasteiger partial charge in [-0.2, -0.15) is 4.58 Å². The third kappa shape index (κ3) is 2.99. The first kappa shape index (κ1) is 16.5. The Morgan fingerprint density at radius 1 is 0.607 bits per heavy atom. The number of para-hydroxylation sites is 3. The van der Waals surface area contributed by atoms with Gasteiger partial charge in [0, 0.05) is 11.8 Å². The van der Waals surface area contributed by atoms with Crippen molar-refractivity contribution in [2.24, 2.45) is 0 Å². The van der Waals surface area contributed by atoms with E-state index >= 15 is 0 Å². The van der Waals surface area contributed by atoms with Gasteiger partial charge in [-0.25, -0.2) is 0 Å². The van der Waals surface area contributed by atoms with Gasteiger partial charge in [0.05, 0.1) is 16.8 Å². The SMILES string of the molecule is C1=[N+](c2ccccc2-c2ccccc2)CN(c2ccccc2)c2ccccc21. The maximum atomic E-state index is 2.37. The Hall–Kier alpha value is -3.65. The van der Waals surface area contributed by atoms with E-state index in [2.05, 4.69) is 125 Å². The molecule has 4 aromatic rings. The lowest BCUT2D eigenvalue weighted by molar-refractivity contribution is -0.433. The summed E-state index contributed by atoms with van der Waals surface area (Å²) in [6, 6.07) is 38.4. The van der Waals surface area contributed by atoms with Crippen LogP contribution in [0.3, 0.4) is 0 Å². The first-order valence-electron chi connectivity index (χ1n) is 9.58. The third-order valence-electron chi connectivity index (χ3n) is 5.18. The second kappa shape index (κ2) is 7.16. The Bertz CT molecular complexity index is 1130. The minimum absolute atomic E-state index is 0.769. The molecular formula is C26H21N2+. The molecule has 0 radical (unpaired) electrons. The molecular weight excluding hydrogens is 340 g/mol. The molecule has 0 aromatic heterocycles. The van der Waals surface area contributed by atoms with E-state index in [9.17, 15) is 0 Å². The zero-order valence-corrected chi connectivity index (χ0v) is 15.6. The van der Waals surface area contributed by atoms with Crippen LogP contribution in [0, 0.1) is 0 Å². The minimum atomic E-state index is 0.769. The summed E-state index contributed by atoms with van der Waals surface area (Å²) >= 11 is 0. The highest BCUT2D eigenvalue weighted by molar-refractivity contribution is 5.90. The molecule has 0 saturated carbocycles. The van der Waals surface area contributed by atoms with Crippen LogP contribution in [-0.2, 0) is 0 Å². The maximum Gasteiger partial charge on any atom is 0.228 e. The Balaban J connectivity index is 1.66. The lowest BCUT2D eigenvalue weighted by atomic mass is 10.0. The van der Waals surface area contributed by atoms with Crippen molar-refractivity contribution >= 4 is 23.3 Å². The molecule has 0 N–H and O–H groups in total. The molecule has 4 aromatic carbocycles. The van der Waals surface area contributed by atoms with Crippen LogP contribution in [0.4, 0.5) is 17.1 Å². The summed E-state index contributed by atoms with van der Waals surface area (Å²) in [7, 11) is 0. The number of fused-ring (bicyclic) bond motifs is 1. The second-order valence-corrected chi connectivity index (χ2v) is 6.95. The van der Waals surface area contributed by atoms with Crippen LogP contribution in [0.25, 0.3) is 11.1 Å². The van der Waals surface area contributed by atoms with Crippen LogP contribution in [0.2, 0.25) is 0 Å². The fourth-order valence-corrected chi connectivity index (χ4v) is 3.84. The van der Waals surface area contributed by atoms with Crippen molar-refractivity contribution < 1.29 is 4.58 Å². The van der Waals surface area contributed by atoms with Gasteiger partial charge in [0.2, 0.25) is 12.4 Å². The zero-order valence-electron chi connectivity index (χ0n) is 15.6. The number of benzene rings is 4. The third-order valence-corrected chi connectivity index (χ3v) is 5.18. The lowest BCUT2D eigenvalue weighted by Gasteiger charge is -2.27. The van der Waals surface area contributed by atoms with Crippen LogP contribution >= 0.6 is 0 Å². The maximum absolute atomic E-state index is 2.37. The summed E-state index contributed by atoms with van der Waals surface area (Å²) in [5.41, 5.74) is 7.35. The molecule has 0 atom stereocenters. The van der Waals surface area contributed by atoms with Gasteiger partial charge in [-0.15, -0.1) is 0 Å². The van der Waals surface area contributed by atoms with Gasteiger partial charge in [-0.1, -0.05) is 72.8 Å². The van der Waals surface area contributed by atoms with E-state index < -0.39 is 0 Å². The zero-order chi connectivity index (χ0) is 18.8. The van der Waals surface area contributed by atoms with Gasteiger partial charge in [-0.05, 0) is 35.9 Å². The summed E-state index contributed by atoms with van der Waals surface area (Å²) in [5, 5.41) is 0. The lowest BCUT2D eigenvalue weighted by Crippen LogP contribution is -2.32. The molecule has 0 bridgehead atoms. The highest BCUT2D eigenvalue weighted by atomic mass is 15.3. The summed E-state index contributed by atoms with van der Waals surface area (Å²) in [6.07, 6.45) is 2.26. The van der Waals surface area contributed by atoms with Gasteiger partial charge < -0.3 is 0 Å². The largest absolute Gasteiger partial charge is 0.285 e. The first-order chi connectivity index (χ1) is 13.9. The normalized spacial score (nSPS) is 13.0. The number of rotatable bonds is 3. The average Bonchev–Trinajstić information content (AvgIpc) is 2.79. The number of hydrogen-bond donors (Lipinski definition) is 0. The fourth-order valence-electron chi connectivity index (χ4n) is 3.84. The molecule has 0 spiro atoms. The molecule has 0 unspecified atom stereocenters. The summed E-state index contributed by atoms with van der Waals surface area (Å²) in [4.78, 5) is 2.37. The average molecular weight is 361 g/mol. The minimum Gasteiger partial charge on any atom is -0.285 e. The van der Waals surface area contributed by atoms with E-state index in [1.54, 1.807) is 0 Å². The standard InChI is InChI=1S/C26H21N2/c1-3-11-21(12-4-1)24-16-8-10-18-26(24)27-19-22-13-7-9-17-25(22)28(20-27)23-14-5-2-6-15-23/h1-19H,20H2/q+1. The highest BCUT2D eigenvalue weighted by Crippen LogP contribution is 2.35. The van der Waals surface area contributed by atoms with E-state index in [0.717, 1.165) is 6.67 Å². The van der Waals surface area contributed by atoms with Crippen LogP contribution in [0.5, 0.6) is 0 Å². The molecule has 28 heavy (non-hydrogen) atoms. The van der Waals surface area contributed by atoms with Crippen molar-refractivity contribution in [3.8, 4) is 11.1 Å². The van der Waals surface area contributed by atoms with Crippen molar-refractivity contribution in [3.05, 3.63) is 115 Å². The molecule has 0 amide bonds. The van der Waals surface area contributed by atoms with Crippen molar-refractivity contribution in [2.45, 2.75) is 0 Å². The molecule has 134 valence electrons. The van der Waals surface area contributed by atoms with E-state index in [1.165, 1.54) is 33.8 Å². The molecule has 1 aliphatic heterocycles. The molecule has 5 rings (SSSR count). The van der Waals surface area contributed by atoms with Crippen molar-refractivity contribution in [1.82, 2.24) is 0 Å².